The first-order chi connectivity index (χ1) is 10.2. The van der Waals surface area contributed by atoms with Crippen molar-refractivity contribution in [3.05, 3.63) is 65.2 Å². The Labute approximate surface area is 126 Å². The van der Waals surface area contributed by atoms with E-state index in [1.165, 1.54) is 5.56 Å². The number of amides is 1. The molecule has 2 aromatic carbocycles. The summed E-state index contributed by atoms with van der Waals surface area (Å²) in [5.74, 6) is 0.0173. The molecular weight excluding hydrogens is 260 g/mol. The number of hydrogen-bond donors (Lipinski definition) is 2. The van der Waals surface area contributed by atoms with Crippen LogP contribution >= 0.6 is 0 Å². The molecule has 2 rings (SSSR count). The average molecular weight is 282 g/mol. The maximum Gasteiger partial charge on any atom is 0.228 e. The molecule has 3 heteroatoms. The lowest BCUT2D eigenvalue weighted by molar-refractivity contribution is -0.115. The second kappa shape index (κ2) is 7.60. The summed E-state index contributed by atoms with van der Waals surface area (Å²) in [5.41, 5.74) is 4.27. The lowest BCUT2D eigenvalue weighted by atomic mass is 10.1. The van der Waals surface area contributed by atoms with Gasteiger partial charge in [-0.2, -0.15) is 0 Å². The Balaban J connectivity index is 1.92. The van der Waals surface area contributed by atoms with Gasteiger partial charge in [0.15, 0.2) is 0 Å². The fourth-order valence-corrected chi connectivity index (χ4v) is 2.16. The van der Waals surface area contributed by atoms with E-state index in [1.807, 2.05) is 55.5 Å². The lowest BCUT2D eigenvalue weighted by Gasteiger charge is -2.08. The quantitative estimate of drug-likeness (QED) is 0.853. The molecule has 110 valence electrons. The van der Waals surface area contributed by atoms with Crippen molar-refractivity contribution in [1.29, 1.82) is 0 Å². The van der Waals surface area contributed by atoms with Crippen LogP contribution in [0.25, 0.3) is 0 Å². The van der Waals surface area contributed by atoms with E-state index in [0.29, 0.717) is 6.42 Å². The maximum atomic E-state index is 12.1. The van der Waals surface area contributed by atoms with Gasteiger partial charge in [0.2, 0.25) is 5.91 Å². The molecule has 0 saturated carbocycles. The van der Waals surface area contributed by atoms with Crippen molar-refractivity contribution in [2.75, 3.05) is 11.9 Å². The molecule has 3 nitrogen and oxygen atoms in total. The van der Waals surface area contributed by atoms with Crippen LogP contribution in [0, 0.1) is 6.92 Å². The zero-order chi connectivity index (χ0) is 15.1. The van der Waals surface area contributed by atoms with Crippen LogP contribution in [0.3, 0.4) is 0 Å². The molecule has 0 bridgehead atoms. The second-order valence-corrected chi connectivity index (χ2v) is 5.13. The standard InChI is InChI=1S/C18H22N2O/c1-3-19-13-15-8-10-17(11-9-15)20-18(21)12-16-7-5-4-6-14(16)2/h4-11,19H,3,12-13H2,1-2H3,(H,20,21). The summed E-state index contributed by atoms with van der Waals surface area (Å²) in [6.45, 7) is 5.92. The number of benzene rings is 2. The molecule has 0 radical (unpaired) electrons. The molecule has 0 saturated heterocycles. The average Bonchev–Trinajstić information content (AvgIpc) is 2.49. The van der Waals surface area contributed by atoms with Crippen molar-refractivity contribution in [2.45, 2.75) is 26.8 Å². The highest BCUT2D eigenvalue weighted by Gasteiger charge is 2.06. The number of nitrogens with one attached hydrogen (secondary N) is 2. The number of carbonyl (C=O) groups excluding carboxylic acids is 1. The molecule has 0 spiro atoms. The lowest BCUT2D eigenvalue weighted by Crippen LogP contribution is -2.15. The smallest absolute Gasteiger partial charge is 0.228 e. The maximum absolute atomic E-state index is 12.1. The van der Waals surface area contributed by atoms with Gasteiger partial charge in [-0.1, -0.05) is 43.3 Å². The monoisotopic (exact) mass is 282 g/mol. The second-order valence-electron chi connectivity index (χ2n) is 5.13. The van der Waals surface area contributed by atoms with E-state index in [1.54, 1.807) is 0 Å². The van der Waals surface area contributed by atoms with Crippen molar-refractivity contribution in [3.63, 3.8) is 0 Å². The zero-order valence-electron chi connectivity index (χ0n) is 12.6. The van der Waals surface area contributed by atoms with Crippen LogP contribution in [0.4, 0.5) is 5.69 Å². The summed E-state index contributed by atoms with van der Waals surface area (Å²) >= 11 is 0. The highest BCUT2D eigenvalue weighted by molar-refractivity contribution is 5.92. The van der Waals surface area contributed by atoms with Crippen LogP contribution in [0.15, 0.2) is 48.5 Å². The molecule has 0 aromatic heterocycles. The molecule has 0 aliphatic carbocycles. The number of anilines is 1. The number of rotatable bonds is 6. The van der Waals surface area contributed by atoms with Crippen LogP contribution in [-0.2, 0) is 17.8 Å². The van der Waals surface area contributed by atoms with Crippen molar-refractivity contribution in [3.8, 4) is 0 Å². The van der Waals surface area contributed by atoms with Crippen LogP contribution in [-0.4, -0.2) is 12.5 Å². The third-order valence-corrected chi connectivity index (χ3v) is 3.43. The first-order valence-corrected chi connectivity index (χ1v) is 7.33. The minimum atomic E-state index is 0.0173. The minimum absolute atomic E-state index is 0.0173. The van der Waals surface area contributed by atoms with Gasteiger partial charge in [0.25, 0.3) is 0 Å². The normalized spacial score (nSPS) is 10.4. The van der Waals surface area contributed by atoms with E-state index in [2.05, 4.69) is 17.6 Å². The van der Waals surface area contributed by atoms with Crippen LogP contribution in [0.1, 0.15) is 23.6 Å². The Morgan fingerprint density at radius 3 is 2.43 bits per heavy atom. The van der Waals surface area contributed by atoms with E-state index in [4.69, 9.17) is 0 Å². The molecule has 0 aliphatic heterocycles. The van der Waals surface area contributed by atoms with Gasteiger partial charge in [-0.25, -0.2) is 0 Å². The first-order valence-electron chi connectivity index (χ1n) is 7.33. The summed E-state index contributed by atoms with van der Waals surface area (Å²) in [5, 5.41) is 6.22. The van der Waals surface area contributed by atoms with Crippen molar-refractivity contribution >= 4 is 11.6 Å². The predicted octanol–water partition coefficient (Wildman–Crippen LogP) is 3.29. The van der Waals surface area contributed by atoms with Gasteiger partial charge in [0.05, 0.1) is 6.42 Å². The molecule has 0 aliphatic rings. The fraction of sp³-hybridized carbons (Fsp3) is 0.278. The first kappa shape index (κ1) is 15.3. The highest BCUT2D eigenvalue weighted by atomic mass is 16.1. The van der Waals surface area contributed by atoms with Gasteiger partial charge in [0.1, 0.15) is 0 Å². The van der Waals surface area contributed by atoms with Gasteiger partial charge in [-0.15, -0.1) is 0 Å². The van der Waals surface area contributed by atoms with Crippen molar-refractivity contribution < 1.29 is 4.79 Å². The van der Waals surface area contributed by atoms with Crippen molar-refractivity contribution in [2.24, 2.45) is 0 Å². The number of hydrogen-bond acceptors (Lipinski definition) is 2. The van der Waals surface area contributed by atoms with Gasteiger partial charge in [0, 0.05) is 12.2 Å². The topological polar surface area (TPSA) is 41.1 Å². The van der Waals surface area contributed by atoms with Gasteiger partial charge < -0.3 is 10.6 Å². The van der Waals surface area contributed by atoms with E-state index in [0.717, 1.165) is 29.9 Å². The fourth-order valence-electron chi connectivity index (χ4n) is 2.16. The summed E-state index contributed by atoms with van der Waals surface area (Å²) < 4.78 is 0. The van der Waals surface area contributed by atoms with E-state index in [9.17, 15) is 4.79 Å². The molecule has 1 amide bonds. The molecule has 2 aromatic rings. The number of carbonyl (C=O) groups is 1. The van der Waals surface area contributed by atoms with Crippen LogP contribution in [0.5, 0.6) is 0 Å². The molecule has 0 heterocycles. The van der Waals surface area contributed by atoms with Gasteiger partial charge in [-0.3, -0.25) is 4.79 Å². The van der Waals surface area contributed by atoms with E-state index >= 15 is 0 Å². The van der Waals surface area contributed by atoms with Gasteiger partial charge >= 0.3 is 0 Å². The molecule has 0 fully saturated rings. The number of aryl methyl sites for hydroxylation is 1. The van der Waals surface area contributed by atoms with Crippen molar-refractivity contribution in [1.82, 2.24) is 5.32 Å². The Morgan fingerprint density at radius 2 is 1.76 bits per heavy atom. The van der Waals surface area contributed by atoms with Crippen LogP contribution < -0.4 is 10.6 Å². The summed E-state index contributed by atoms with van der Waals surface area (Å²) in [7, 11) is 0. The largest absolute Gasteiger partial charge is 0.326 e. The Bertz CT molecular complexity index is 590. The minimum Gasteiger partial charge on any atom is -0.326 e. The third kappa shape index (κ3) is 4.72. The van der Waals surface area contributed by atoms with E-state index in [-0.39, 0.29) is 5.91 Å². The summed E-state index contributed by atoms with van der Waals surface area (Å²) in [4.78, 5) is 12.1. The predicted molar refractivity (Wildman–Crippen MR) is 87.3 cm³/mol. The molecule has 21 heavy (non-hydrogen) atoms. The summed E-state index contributed by atoms with van der Waals surface area (Å²) in [6.07, 6.45) is 0.409. The third-order valence-electron chi connectivity index (χ3n) is 3.43. The molecule has 0 atom stereocenters. The zero-order valence-corrected chi connectivity index (χ0v) is 12.6. The SMILES string of the molecule is CCNCc1ccc(NC(=O)Cc2ccccc2C)cc1. The van der Waals surface area contributed by atoms with E-state index < -0.39 is 0 Å². The Hall–Kier alpha value is -2.13. The molecule has 0 unspecified atom stereocenters. The summed E-state index contributed by atoms with van der Waals surface area (Å²) in [6, 6.07) is 15.9. The Morgan fingerprint density at radius 1 is 1.05 bits per heavy atom. The van der Waals surface area contributed by atoms with Crippen LogP contribution in [0.2, 0.25) is 0 Å². The van der Waals surface area contributed by atoms with Gasteiger partial charge in [-0.05, 0) is 42.3 Å². The molecule has 2 N–H and O–H groups in total. The highest BCUT2D eigenvalue weighted by Crippen LogP contribution is 2.12. The molecular formula is C18H22N2O. The Kier molecular flexibility index (Phi) is 5.52.